The van der Waals surface area contributed by atoms with Crippen molar-refractivity contribution >= 4 is 37.6 Å². The van der Waals surface area contributed by atoms with E-state index in [-0.39, 0.29) is 12.3 Å². The van der Waals surface area contributed by atoms with E-state index in [1.807, 2.05) is 6.92 Å². The number of hydrogen-bond donors (Lipinski definition) is 3. The van der Waals surface area contributed by atoms with Gasteiger partial charge in [-0.3, -0.25) is 0 Å². The van der Waals surface area contributed by atoms with Crippen molar-refractivity contribution in [1.82, 2.24) is 14.7 Å². The molecule has 0 amide bonds. The summed E-state index contributed by atoms with van der Waals surface area (Å²) in [6.07, 6.45) is 1.41. The molecule has 0 fully saturated rings. The number of rotatable bonds is 7. The van der Waals surface area contributed by atoms with Crippen molar-refractivity contribution in [3.05, 3.63) is 10.8 Å². The minimum atomic E-state index is -3.21. The number of hydrogen-bond acceptors (Lipinski definition) is 6. The fourth-order valence-electron chi connectivity index (χ4n) is 1.19. The molecule has 1 heterocycles. The van der Waals surface area contributed by atoms with Crippen LogP contribution in [0, 0.1) is 0 Å². The van der Waals surface area contributed by atoms with Gasteiger partial charge in [-0.2, -0.15) is 0 Å². The zero-order valence-corrected chi connectivity index (χ0v) is 12.6. The number of anilines is 2. The SMILES string of the molecule is CCNc1ncnc(NCCS(=O)(=O)NC)c1Br. The molecule has 0 aliphatic carbocycles. The second kappa shape index (κ2) is 6.86. The second-order valence-corrected chi connectivity index (χ2v) is 6.20. The van der Waals surface area contributed by atoms with Crippen molar-refractivity contribution < 1.29 is 8.42 Å². The van der Waals surface area contributed by atoms with Gasteiger partial charge in [0.2, 0.25) is 10.0 Å². The molecule has 0 saturated heterocycles. The number of aromatic nitrogens is 2. The topological polar surface area (TPSA) is 96.0 Å². The highest BCUT2D eigenvalue weighted by Gasteiger charge is 2.10. The van der Waals surface area contributed by atoms with Crippen molar-refractivity contribution in [2.24, 2.45) is 0 Å². The normalized spacial score (nSPS) is 11.3. The Morgan fingerprint density at radius 1 is 1.28 bits per heavy atom. The Morgan fingerprint density at radius 2 is 1.89 bits per heavy atom. The van der Waals surface area contributed by atoms with Gasteiger partial charge in [0.1, 0.15) is 22.4 Å². The van der Waals surface area contributed by atoms with E-state index in [9.17, 15) is 8.42 Å². The van der Waals surface area contributed by atoms with Gasteiger partial charge in [0.15, 0.2) is 0 Å². The Labute approximate surface area is 115 Å². The Bertz CT molecular complexity index is 494. The molecule has 0 unspecified atom stereocenters. The van der Waals surface area contributed by atoms with Crippen molar-refractivity contribution in [2.75, 3.05) is 36.5 Å². The lowest BCUT2D eigenvalue weighted by Gasteiger charge is -2.10. The Balaban J connectivity index is 2.65. The average Bonchev–Trinajstić information content (AvgIpc) is 2.34. The van der Waals surface area contributed by atoms with Crippen LogP contribution in [0.2, 0.25) is 0 Å². The van der Waals surface area contributed by atoms with Crippen LogP contribution in [0.3, 0.4) is 0 Å². The van der Waals surface area contributed by atoms with Crippen LogP contribution in [-0.2, 0) is 10.0 Å². The van der Waals surface area contributed by atoms with E-state index in [4.69, 9.17) is 0 Å². The van der Waals surface area contributed by atoms with Crippen LogP contribution < -0.4 is 15.4 Å². The zero-order chi connectivity index (χ0) is 13.6. The number of sulfonamides is 1. The van der Waals surface area contributed by atoms with Crippen LogP contribution in [-0.4, -0.2) is 44.3 Å². The van der Waals surface area contributed by atoms with Crippen LogP contribution in [0.4, 0.5) is 11.6 Å². The van der Waals surface area contributed by atoms with Crippen molar-refractivity contribution in [1.29, 1.82) is 0 Å². The first-order chi connectivity index (χ1) is 8.50. The lowest BCUT2D eigenvalue weighted by Crippen LogP contribution is -2.26. The Morgan fingerprint density at radius 3 is 2.44 bits per heavy atom. The van der Waals surface area contributed by atoms with Crippen LogP contribution in [0.25, 0.3) is 0 Å². The van der Waals surface area contributed by atoms with E-state index in [0.29, 0.717) is 16.1 Å². The van der Waals surface area contributed by atoms with Gasteiger partial charge in [-0.05, 0) is 29.9 Å². The lowest BCUT2D eigenvalue weighted by atomic mass is 10.5. The third-order valence-corrected chi connectivity index (χ3v) is 4.22. The summed E-state index contributed by atoms with van der Waals surface area (Å²) in [7, 11) is -1.82. The molecule has 0 atom stereocenters. The summed E-state index contributed by atoms with van der Waals surface area (Å²) in [4.78, 5) is 8.10. The molecule has 7 nitrogen and oxygen atoms in total. The van der Waals surface area contributed by atoms with Crippen molar-refractivity contribution in [2.45, 2.75) is 6.92 Å². The van der Waals surface area contributed by atoms with Gasteiger partial charge in [-0.15, -0.1) is 0 Å². The number of halogens is 1. The van der Waals surface area contributed by atoms with Gasteiger partial charge in [0, 0.05) is 13.1 Å². The molecule has 9 heteroatoms. The number of nitrogens with one attached hydrogen (secondary N) is 3. The van der Waals surface area contributed by atoms with Gasteiger partial charge in [0.25, 0.3) is 0 Å². The second-order valence-electron chi connectivity index (χ2n) is 3.36. The van der Waals surface area contributed by atoms with Crippen LogP contribution in [0.1, 0.15) is 6.92 Å². The predicted octanol–water partition coefficient (Wildman–Crippen LogP) is 0.632. The largest absolute Gasteiger partial charge is 0.369 e. The summed E-state index contributed by atoms with van der Waals surface area (Å²) in [6, 6.07) is 0. The molecule has 0 aliphatic heterocycles. The summed E-state index contributed by atoms with van der Waals surface area (Å²) in [5, 5.41) is 6.01. The Hall–Kier alpha value is -0.930. The first kappa shape index (κ1) is 15.1. The van der Waals surface area contributed by atoms with E-state index >= 15 is 0 Å². The zero-order valence-electron chi connectivity index (χ0n) is 10.2. The van der Waals surface area contributed by atoms with Crippen LogP contribution in [0.15, 0.2) is 10.8 Å². The standard InChI is InChI=1S/C9H16BrN5O2S/c1-3-12-8-7(10)9(15-6-14-8)13-4-5-18(16,17)11-2/h6,11H,3-5H2,1-2H3,(H2,12,13,14,15). The maximum atomic E-state index is 11.2. The lowest BCUT2D eigenvalue weighted by molar-refractivity contribution is 0.588. The van der Waals surface area contributed by atoms with Crippen molar-refractivity contribution in [3.63, 3.8) is 0 Å². The van der Waals surface area contributed by atoms with Gasteiger partial charge < -0.3 is 10.6 Å². The molecule has 102 valence electrons. The van der Waals surface area contributed by atoms with E-state index < -0.39 is 10.0 Å². The molecule has 3 N–H and O–H groups in total. The van der Waals surface area contributed by atoms with Gasteiger partial charge in [0.05, 0.1) is 5.75 Å². The first-order valence-corrected chi connectivity index (χ1v) is 7.84. The number of nitrogens with zero attached hydrogens (tertiary/aromatic N) is 2. The molecule has 0 aromatic carbocycles. The molecule has 0 radical (unpaired) electrons. The summed E-state index contributed by atoms with van der Waals surface area (Å²) in [5.41, 5.74) is 0. The maximum absolute atomic E-state index is 11.2. The smallest absolute Gasteiger partial charge is 0.213 e. The van der Waals surface area contributed by atoms with Gasteiger partial charge in [-0.1, -0.05) is 0 Å². The molecule has 0 spiro atoms. The van der Waals surface area contributed by atoms with E-state index in [1.54, 1.807) is 0 Å². The molecule has 18 heavy (non-hydrogen) atoms. The van der Waals surface area contributed by atoms with E-state index in [1.165, 1.54) is 13.4 Å². The van der Waals surface area contributed by atoms with E-state index in [2.05, 4.69) is 41.3 Å². The fourth-order valence-corrected chi connectivity index (χ4v) is 2.25. The average molecular weight is 338 g/mol. The third kappa shape index (κ3) is 4.39. The highest BCUT2D eigenvalue weighted by molar-refractivity contribution is 9.10. The first-order valence-electron chi connectivity index (χ1n) is 5.39. The molecule has 0 saturated carbocycles. The third-order valence-electron chi connectivity index (χ3n) is 2.11. The predicted molar refractivity (Wildman–Crippen MR) is 75.2 cm³/mol. The summed E-state index contributed by atoms with van der Waals surface area (Å²) >= 11 is 3.36. The van der Waals surface area contributed by atoms with Crippen molar-refractivity contribution in [3.8, 4) is 0 Å². The molecule has 1 aromatic heterocycles. The highest BCUT2D eigenvalue weighted by Crippen LogP contribution is 2.25. The van der Waals surface area contributed by atoms with Gasteiger partial charge in [-0.25, -0.2) is 23.1 Å². The van der Waals surface area contributed by atoms with E-state index in [0.717, 1.165) is 6.54 Å². The summed E-state index contributed by atoms with van der Waals surface area (Å²) in [6.45, 7) is 2.97. The highest BCUT2D eigenvalue weighted by atomic mass is 79.9. The molecular weight excluding hydrogens is 322 g/mol. The fraction of sp³-hybridized carbons (Fsp3) is 0.556. The molecule has 0 aliphatic rings. The summed E-state index contributed by atoms with van der Waals surface area (Å²) in [5.74, 6) is 1.22. The van der Waals surface area contributed by atoms with Crippen LogP contribution >= 0.6 is 15.9 Å². The van der Waals surface area contributed by atoms with Crippen LogP contribution in [0.5, 0.6) is 0 Å². The minimum Gasteiger partial charge on any atom is -0.369 e. The summed E-state index contributed by atoms with van der Waals surface area (Å²) < 4.78 is 25.4. The quantitative estimate of drug-likeness (QED) is 0.675. The van der Waals surface area contributed by atoms with Gasteiger partial charge >= 0.3 is 0 Å². The minimum absolute atomic E-state index is 0.0174. The molecule has 1 rings (SSSR count). The Kier molecular flexibility index (Phi) is 5.76. The molecule has 1 aromatic rings. The maximum Gasteiger partial charge on any atom is 0.213 e. The molecule has 0 bridgehead atoms. The molecular formula is C9H16BrN5O2S. The monoisotopic (exact) mass is 337 g/mol.